The molecule has 1 aromatic carbocycles. The summed E-state index contributed by atoms with van der Waals surface area (Å²) < 4.78 is 0. The molecule has 1 fully saturated rings. The number of aryl methyl sites for hydroxylation is 2. The zero-order valence-corrected chi connectivity index (χ0v) is 17.1. The molecule has 0 spiro atoms. The van der Waals surface area contributed by atoms with E-state index >= 15 is 0 Å². The normalized spacial score (nSPS) is 21.0. The van der Waals surface area contributed by atoms with Crippen LogP contribution in [0.5, 0.6) is 0 Å². The number of nitrogens with one attached hydrogen (secondary N) is 1. The van der Waals surface area contributed by atoms with Crippen LogP contribution in [0.25, 0.3) is 0 Å². The summed E-state index contributed by atoms with van der Waals surface area (Å²) in [5, 5.41) is 3.38. The first kappa shape index (κ1) is 19.6. The van der Waals surface area contributed by atoms with E-state index in [1.165, 1.54) is 11.1 Å². The molecule has 3 heterocycles. The molecule has 1 aromatic heterocycles. The maximum absolute atomic E-state index is 13.0. The number of likely N-dealkylation sites (tertiary alicyclic amines) is 1. The predicted molar refractivity (Wildman–Crippen MR) is 114 cm³/mol. The number of hydrogen-bond acceptors (Lipinski definition) is 4. The molecule has 1 N–H and O–H groups in total. The molecule has 0 unspecified atom stereocenters. The molecule has 2 aromatic rings. The highest BCUT2D eigenvalue weighted by molar-refractivity contribution is 5.87. The van der Waals surface area contributed by atoms with E-state index in [1.807, 2.05) is 23.1 Å². The number of fused-ring (bicyclic) bond motifs is 1. The van der Waals surface area contributed by atoms with Gasteiger partial charge in [-0.25, -0.2) is 4.98 Å². The molecule has 1 saturated heterocycles. The van der Waals surface area contributed by atoms with Gasteiger partial charge in [0, 0.05) is 24.2 Å². The minimum atomic E-state index is -0.0335. The minimum Gasteiger partial charge on any atom is -0.370 e. The predicted octanol–water partition coefficient (Wildman–Crippen LogP) is 3.42. The van der Waals surface area contributed by atoms with Crippen molar-refractivity contribution in [3.05, 3.63) is 59.3 Å². The van der Waals surface area contributed by atoms with Crippen LogP contribution in [0.15, 0.2) is 42.5 Å². The lowest BCUT2D eigenvalue weighted by atomic mass is 9.95. The van der Waals surface area contributed by atoms with E-state index in [0.29, 0.717) is 0 Å². The van der Waals surface area contributed by atoms with E-state index in [9.17, 15) is 9.59 Å². The highest BCUT2D eigenvalue weighted by Gasteiger charge is 2.39. The van der Waals surface area contributed by atoms with Crippen LogP contribution in [-0.4, -0.2) is 40.7 Å². The fourth-order valence-electron chi connectivity index (χ4n) is 4.57. The van der Waals surface area contributed by atoms with E-state index in [2.05, 4.69) is 29.6 Å². The molecule has 5 heteroatoms. The fraction of sp³-hybridized carbons (Fsp3) is 0.458. The molecule has 0 radical (unpaired) electrons. The molecule has 0 saturated carbocycles. The van der Waals surface area contributed by atoms with Gasteiger partial charge >= 0.3 is 0 Å². The van der Waals surface area contributed by atoms with Crippen molar-refractivity contribution in [3.8, 4) is 0 Å². The number of hydrogen-bond donors (Lipinski definition) is 1. The number of anilines is 1. The zero-order valence-electron chi connectivity index (χ0n) is 17.1. The Kier molecular flexibility index (Phi) is 5.93. The lowest BCUT2D eigenvalue weighted by molar-refractivity contribution is -0.135. The number of amides is 1. The first-order valence-electron chi connectivity index (χ1n) is 10.7. The minimum absolute atomic E-state index is 0.0335. The van der Waals surface area contributed by atoms with Crippen molar-refractivity contribution in [1.29, 1.82) is 0 Å². The molecular formula is C24H29N3O2. The van der Waals surface area contributed by atoms with Gasteiger partial charge in [0.25, 0.3) is 0 Å². The monoisotopic (exact) mass is 391 g/mol. The van der Waals surface area contributed by atoms with Crippen LogP contribution in [-0.2, 0) is 28.9 Å². The molecule has 152 valence electrons. The molecule has 0 bridgehead atoms. The summed E-state index contributed by atoms with van der Waals surface area (Å²) >= 11 is 0. The Hall–Kier alpha value is -2.69. The Morgan fingerprint density at radius 3 is 2.83 bits per heavy atom. The van der Waals surface area contributed by atoms with Gasteiger partial charge in [-0.2, -0.15) is 0 Å². The van der Waals surface area contributed by atoms with Crippen molar-refractivity contribution in [2.45, 2.75) is 51.5 Å². The van der Waals surface area contributed by atoms with Crippen molar-refractivity contribution in [2.75, 3.05) is 18.4 Å². The summed E-state index contributed by atoms with van der Waals surface area (Å²) in [6.45, 7) is 2.75. The number of aromatic nitrogens is 1. The van der Waals surface area contributed by atoms with Crippen LogP contribution >= 0.6 is 0 Å². The Balaban J connectivity index is 1.43. The topological polar surface area (TPSA) is 62.3 Å². The quantitative estimate of drug-likeness (QED) is 0.786. The van der Waals surface area contributed by atoms with E-state index in [4.69, 9.17) is 4.98 Å². The van der Waals surface area contributed by atoms with E-state index in [0.717, 1.165) is 56.6 Å². The Morgan fingerprint density at radius 1 is 1.21 bits per heavy atom. The number of pyridine rings is 1. The largest absolute Gasteiger partial charge is 0.370 e. The van der Waals surface area contributed by atoms with Gasteiger partial charge in [-0.15, -0.1) is 0 Å². The van der Waals surface area contributed by atoms with Crippen molar-refractivity contribution in [3.63, 3.8) is 0 Å². The molecule has 1 amide bonds. The average Bonchev–Trinajstić information content (AvgIpc) is 3.01. The molecule has 4 rings (SSSR count). The number of carbonyl (C=O) groups excluding carboxylic acids is 2. The second-order valence-electron chi connectivity index (χ2n) is 8.32. The van der Waals surface area contributed by atoms with Gasteiger partial charge in [0.1, 0.15) is 11.6 Å². The fourth-order valence-corrected chi connectivity index (χ4v) is 4.57. The van der Waals surface area contributed by atoms with Gasteiger partial charge in [0.2, 0.25) is 5.91 Å². The number of nitrogens with zero attached hydrogens (tertiary/aromatic N) is 2. The molecule has 29 heavy (non-hydrogen) atoms. The van der Waals surface area contributed by atoms with Crippen LogP contribution in [0, 0.1) is 5.92 Å². The Labute approximate surface area is 172 Å². The van der Waals surface area contributed by atoms with Gasteiger partial charge in [-0.3, -0.25) is 9.59 Å². The molecule has 2 aliphatic heterocycles. The highest BCUT2D eigenvalue weighted by atomic mass is 16.2. The highest BCUT2D eigenvalue weighted by Crippen LogP contribution is 2.31. The number of ketones is 1. The van der Waals surface area contributed by atoms with E-state index in [1.54, 1.807) is 6.92 Å². The van der Waals surface area contributed by atoms with Crippen LogP contribution in [0.1, 0.15) is 43.0 Å². The third-order valence-electron chi connectivity index (χ3n) is 6.04. The molecule has 0 aliphatic carbocycles. The molecular weight excluding hydrogens is 362 g/mol. The van der Waals surface area contributed by atoms with Crippen molar-refractivity contribution in [1.82, 2.24) is 9.88 Å². The van der Waals surface area contributed by atoms with Gasteiger partial charge in [-0.1, -0.05) is 36.4 Å². The van der Waals surface area contributed by atoms with Gasteiger partial charge in [0.05, 0.1) is 6.54 Å². The van der Waals surface area contributed by atoms with Gasteiger partial charge in [0.15, 0.2) is 0 Å². The van der Waals surface area contributed by atoms with Crippen LogP contribution < -0.4 is 5.32 Å². The third kappa shape index (κ3) is 4.66. The summed E-state index contributed by atoms with van der Waals surface area (Å²) in [5.74, 6) is 1.14. The summed E-state index contributed by atoms with van der Waals surface area (Å²) in [5.41, 5.74) is 3.53. The number of benzene rings is 1. The molecule has 2 aliphatic rings. The third-order valence-corrected chi connectivity index (χ3v) is 6.04. The van der Waals surface area contributed by atoms with Crippen LogP contribution in [0.2, 0.25) is 0 Å². The number of rotatable bonds is 7. The number of Topliss-reactive ketones (excluding diaryl/α,β-unsaturated/α-hetero) is 1. The lowest BCUT2D eigenvalue weighted by Gasteiger charge is -2.23. The van der Waals surface area contributed by atoms with E-state index in [-0.39, 0.29) is 30.2 Å². The maximum Gasteiger partial charge on any atom is 0.226 e. The lowest BCUT2D eigenvalue weighted by Crippen LogP contribution is -2.38. The van der Waals surface area contributed by atoms with Crippen molar-refractivity contribution >= 4 is 17.5 Å². The number of carbonyl (C=O) groups is 2. The molecule has 5 nitrogen and oxygen atoms in total. The van der Waals surface area contributed by atoms with Crippen molar-refractivity contribution in [2.24, 2.45) is 5.92 Å². The van der Waals surface area contributed by atoms with Gasteiger partial charge in [-0.05, 0) is 62.6 Å². The maximum atomic E-state index is 13.0. The van der Waals surface area contributed by atoms with Crippen LogP contribution in [0.3, 0.4) is 0 Å². The van der Waals surface area contributed by atoms with Crippen LogP contribution in [0.4, 0.5) is 5.82 Å². The molecule has 2 atom stereocenters. The standard InChI is InChI=1S/C24H29N3O2/c1-17(28)16-27-22(14-18-6-3-2-4-7-18)15-20(24(27)29)10-12-21-11-9-19-8-5-13-25-23(19)26-21/h2-4,6-7,9,11,20,22H,5,8,10,12-16H2,1H3,(H,25,26)/t20-,22+/m0/s1. The Morgan fingerprint density at radius 2 is 2.03 bits per heavy atom. The zero-order chi connectivity index (χ0) is 20.2. The average molecular weight is 392 g/mol. The summed E-state index contributed by atoms with van der Waals surface area (Å²) in [6, 6.07) is 14.6. The summed E-state index contributed by atoms with van der Waals surface area (Å²) in [7, 11) is 0. The SMILES string of the molecule is CC(=O)CN1C(=O)[C@@H](CCc2ccc3c(n2)NCCC3)C[C@H]1Cc1ccccc1. The van der Waals surface area contributed by atoms with Crippen molar-refractivity contribution < 1.29 is 9.59 Å². The van der Waals surface area contributed by atoms with Gasteiger partial charge < -0.3 is 10.2 Å². The van der Waals surface area contributed by atoms with E-state index < -0.39 is 0 Å². The summed E-state index contributed by atoms with van der Waals surface area (Å²) in [4.78, 5) is 31.4. The first-order chi connectivity index (χ1) is 14.1. The Bertz CT molecular complexity index is 881. The second kappa shape index (κ2) is 8.76. The first-order valence-corrected chi connectivity index (χ1v) is 10.7. The second-order valence-corrected chi connectivity index (χ2v) is 8.32. The summed E-state index contributed by atoms with van der Waals surface area (Å²) in [6.07, 6.45) is 5.42. The smallest absolute Gasteiger partial charge is 0.226 e.